The van der Waals surface area contributed by atoms with E-state index in [9.17, 15) is 0 Å². The zero-order valence-electron chi connectivity index (χ0n) is 22.8. The molecule has 3 aromatic carbocycles. The van der Waals surface area contributed by atoms with Crippen molar-refractivity contribution in [2.45, 2.75) is 45.4 Å². The molecule has 0 unspecified atom stereocenters. The van der Waals surface area contributed by atoms with E-state index < -0.39 is 6.37 Å². The summed E-state index contributed by atoms with van der Waals surface area (Å²) in [7, 11) is 2.00. The van der Waals surface area contributed by atoms with Crippen molar-refractivity contribution in [3.8, 4) is 22.4 Å². The van der Waals surface area contributed by atoms with Crippen molar-refractivity contribution in [2.24, 2.45) is 13.0 Å². The van der Waals surface area contributed by atoms with E-state index in [0.29, 0.717) is 11.3 Å². The largest absolute Gasteiger partial charge is 0.456 e. The molecule has 2 heterocycles. The summed E-state index contributed by atoms with van der Waals surface area (Å²) in [5.74, 6) is 0.0420. The quantitative estimate of drug-likeness (QED) is 0.189. The van der Waals surface area contributed by atoms with Crippen molar-refractivity contribution in [2.75, 3.05) is 0 Å². The van der Waals surface area contributed by atoms with E-state index in [4.69, 9.17) is 13.7 Å². The van der Waals surface area contributed by atoms with Crippen molar-refractivity contribution in [3.63, 3.8) is 0 Å². The van der Waals surface area contributed by atoms with Gasteiger partial charge in [0.2, 0.25) is 5.69 Å². The second-order valence-electron chi connectivity index (χ2n) is 9.94. The summed E-state index contributed by atoms with van der Waals surface area (Å²) in [6.07, 6.45) is 5.87. The highest BCUT2D eigenvalue weighted by Crippen LogP contribution is 2.44. The molecule has 6 rings (SSSR count). The van der Waals surface area contributed by atoms with Crippen LogP contribution < -0.4 is 4.57 Å². The van der Waals surface area contributed by atoms with Crippen molar-refractivity contribution in [1.82, 2.24) is 0 Å². The van der Waals surface area contributed by atoms with Gasteiger partial charge in [0.15, 0.2) is 11.9 Å². The molecule has 0 atom stereocenters. The molecule has 36 heavy (non-hydrogen) atoms. The number of fused-ring (bicyclic) bond motifs is 3. The smallest absolute Gasteiger partial charge is 0.216 e. The Hall–Kier alpha value is -3.90. The first kappa shape index (κ1) is 20.3. The standard InChI is InChI=1S/C33H31N2O/c1-22-14-15-26-27-16-17-28(34-2)31(25-12-8-5-9-13-25)33(27)36-32(26)30(22)29-21-24(18-19-35(29)3)20-23-10-6-4-7-11-23/h5,8-9,12-19,21,23H,4,6-7,10-11,20H2,1,3H3/q+1/i20D2. The van der Waals surface area contributed by atoms with E-state index in [-0.39, 0.29) is 5.92 Å². The number of hydrogen-bond donors (Lipinski definition) is 0. The Balaban J connectivity index is 1.59. The predicted octanol–water partition coefficient (Wildman–Crippen LogP) is 8.73. The molecule has 0 saturated heterocycles. The molecule has 1 saturated carbocycles. The van der Waals surface area contributed by atoms with E-state index in [0.717, 1.165) is 75.5 Å². The number of benzene rings is 3. The SMILES string of the molecule is [2H]C([2H])(c1cc[n+](C)c(-c2c(C)ccc3c2oc2c(-c4ccccc4)c([N+]#[C-])ccc23)c1)C1CCCCC1. The summed E-state index contributed by atoms with van der Waals surface area (Å²) >= 11 is 0. The lowest BCUT2D eigenvalue weighted by Crippen LogP contribution is -2.31. The maximum Gasteiger partial charge on any atom is 0.216 e. The molecule has 0 N–H and O–H groups in total. The first-order valence-electron chi connectivity index (χ1n) is 13.8. The molecular formula is C33H31N2O+. The number of nitrogens with zero attached hydrogens (tertiary/aromatic N) is 2. The molecule has 1 aliphatic rings. The summed E-state index contributed by atoms with van der Waals surface area (Å²) in [6, 6.07) is 22.0. The molecule has 0 radical (unpaired) electrons. The molecule has 1 aliphatic carbocycles. The van der Waals surface area contributed by atoms with Crippen LogP contribution in [-0.4, -0.2) is 0 Å². The van der Waals surface area contributed by atoms with Gasteiger partial charge in [-0.1, -0.05) is 86.7 Å². The van der Waals surface area contributed by atoms with E-state index in [1.165, 1.54) is 6.42 Å². The van der Waals surface area contributed by atoms with Gasteiger partial charge >= 0.3 is 0 Å². The van der Waals surface area contributed by atoms with Crippen molar-refractivity contribution in [1.29, 1.82) is 0 Å². The van der Waals surface area contributed by atoms with Crippen LogP contribution in [0.2, 0.25) is 0 Å². The van der Waals surface area contributed by atoms with E-state index >= 15 is 0 Å². The van der Waals surface area contributed by atoms with Crippen LogP contribution in [0.3, 0.4) is 0 Å². The maximum atomic E-state index is 9.07. The third-order valence-corrected chi connectivity index (χ3v) is 7.56. The summed E-state index contributed by atoms with van der Waals surface area (Å²) in [5.41, 5.74) is 7.49. The number of hydrogen-bond acceptors (Lipinski definition) is 1. The molecule has 5 aromatic rings. The Labute approximate surface area is 215 Å². The van der Waals surface area contributed by atoms with Gasteiger partial charge < -0.3 is 4.42 Å². The normalized spacial score (nSPS) is 15.6. The molecule has 0 spiro atoms. The fraction of sp³-hybridized carbons (Fsp3) is 0.273. The predicted molar refractivity (Wildman–Crippen MR) is 147 cm³/mol. The monoisotopic (exact) mass is 473 g/mol. The highest BCUT2D eigenvalue weighted by molar-refractivity contribution is 6.15. The van der Waals surface area contributed by atoms with Gasteiger partial charge in [-0.05, 0) is 35.9 Å². The number of aryl methyl sites for hydroxylation is 2. The van der Waals surface area contributed by atoms with Gasteiger partial charge in [-0.2, -0.15) is 0 Å². The average molecular weight is 474 g/mol. The Morgan fingerprint density at radius 1 is 0.944 bits per heavy atom. The van der Waals surface area contributed by atoms with Crippen LogP contribution in [-0.2, 0) is 13.4 Å². The average Bonchev–Trinajstić information content (AvgIpc) is 3.32. The van der Waals surface area contributed by atoms with Crippen LogP contribution in [0.5, 0.6) is 0 Å². The second kappa shape index (κ2) is 9.28. The number of furan rings is 1. The van der Waals surface area contributed by atoms with Gasteiger partial charge in [-0.3, -0.25) is 0 Å². The molecule has 1 fully saturated rings. The zero-order valence-corrected chi connectivity index (χ0v) is 20.8. The van der Waals surface area contributed by atoms with Crippen LogP contribution >= 0.6 is 0 Å². The summed E-state index contributed by atoms with van der Waals surface area (Å²) < 4.78 is 26.9. The van der Waals surface area contributed by atoms with Gasteiger partial charge in [-0.25, -0.2) is 9.41 Å². The topological polar surface area (TPSA) is 21.4 Å². The maximum absolute atomic E-state index is 9.07. The second-order valence-corrected chi connectivity index (χ2v) is 9.94. The molecule has 0 bridgehead atoms. The molecule has 3 nitrogen and oxygen atoms in total. The molecule has 0 amide bonds. The number of pyridine rings is 1. The fourth-order valence-corrected chi connectivity index (χ4v) is 5.68. The van der Waals surface area contributed by atoms with Crippen molar-refractivity contribution < 1.29 is 11.7 Å². The minimum Gasteiger partial charge on any atom is -0.456 e. The lowest BCUT2D eigenvalue weighted by Gasteiger charge is -2.21. The van der Waals surface area contributed by atoms with Crippen molar-refractivity contribution >= 4 is 27.6 Å². The van der Waals surface area contributed by atoms with E-state index in [1.807, 2.05) is 67.8 Å². The van der Waals surface area contributed by atoms with E-state index in [1.54, 1.807) is 0 Å². The van der Waals surface area contributed by atoms with Crippen LogP contribution in [0.15, 0.2) is 77.3 Å². The van der Waals surface area contributed by atoms with Crippen molar-refractivity contribution in [3.05, 3.63) is 95.5 Å². The van der Waals surface area contributed by atoms with Gasteiger partial charge in [0.25, 0.3) is 0 Å². The highest BCUT2D eigenvalue weighted by Gasteiger charge is 2.24. The van der Waals surface area contributed by atoms with Gasteiger partial charge in [0.05, 0.1) is 12.1 Å². The first-order chi connectivity index (χ1) is 18.4. The summed E-state index contributed by atoms with van der Waals surface area (Å²) in [4.78, 5) is 3.81. The highest BCUT2D eigenvalue weighted by atomic mass is 16.3. The third-order valence-electron chi connectivity index (χ3n) is 7.56. The molecule has 2 aromatic heterocycles. The van der Waals surface area contributed by atoms with Crippen LogP contribution in [0, 0.1) is 19.4 Å². The van der Waals surface area contributed by atoms with Crippen LogP contribution in [0.1, 0.15) is 46.0 Å². The summed E-state index contributed by atoms with van der Waals surface area (Å²) in [6.45, 7) is 9.87. The molecular weight excluding hydrogens is 440 g/mol. The van der Waals surface area contributed by atoms with Gasteiger partial charge in [0, 0.05) is 31.2 Å². The number of aromatic nitrogens is 1. The fourth-order valence-electron chi connectivity index (χ4n) is 5.68. The van der Waals surface area contributed by atoms with Crippen LogP contribution in [0.4, 0.5) is 5.69 Å². The Morgan fingerprint density at radius 2 is 1.67 bits per heavy atom. The van der Waals surface area contributed by atoms with E-state index in [2.05, 4.69) is 28.5 Å². The van der Waals surface area contributed by atoms with Gasteiger partial charge in [-0.15, -0.1) is 0 Å². The Morgan fingerprint density at radius 3 is 2.42 bits per heavy atom. The minimum absolute atomic E-state index is 0.0420. The number of rotatable bonds is 4. The third kappa shape index (κ3) is 3.88. The lowest BCUT2D eigenvalue weighted by molar-refractivity contribution is -0.660. The summed E-state index contributed by atoms with van der Waals surface area (Å²) in [5, 5.41) is 1.97. The Bertz CT molecular complexity index is 1710. The lowest BCUT2D eigenvalue weighted by atomic mass is 9.85. The van der Waals surface area contributed by atoms with Gasteiger partial charge in [0.1, 0.15) is 18.2 Å². The molecule has 0 aliphatic heterocycles. The molecule has 178 valence electrons. The first-order valence-corrected chi connectivity index (χ1v) is 12.8. The minimum atomic E-state index is -1.38. The molecule has 3 heteroatoms. The van der Waals surface area contributed by atoms with Crippen LogP contribution in [0.25, 0.3) is 49.2 Å². The Kier molecular flexibility index (Phi) is 5.24. The zero-order chi connectivity index (χ0) is 26.4.